The van der Waals surface area contributed by atoms with Gasteiger partial charge in [-0.15, -0.1) is 0 Å². The average Bonchev–Trinajstić information content (AvgIpc) is 1.35. The van der Waals surface area contributed by atoms with E-state index in [1.165, 1.54) is 145 Å². The number of aromatic amines is 4. The molecule has 16 bridgehead atoms. The number of nitrogens with zero attached hydrogens (tertiary/aromatic N) is 4. The van der Waals surface area contributed by atoms with Crippen LogP contribution < -0.4 is 0 Å². The lowest BCUT2D eigenvalue weighted by molar-refractivity contribution is 0.568. The molecule has 0 fully saturated rings. The molecule has 0 spiro atoms. The maximum Gasteiger partial charge on any atom is 0.0771 e. The van der Waals surface area contributed by atoms with Crippen molar-refractivity contribution in [2.75, 3.05) is 0 Å². The van der Waals surface area contributed by atoms with Gasteiger partial charge in [0.1, 0.15) is 0 Å². The minimum atomic E-state index is -0.0883. The van der Waals surface area contributed by atoms with Crippen LogP contribution in [0.2, 0.25) is 0 Å². The standard InChI is InChI=1S/C130H146N8/c1-29-85-93(37-9)119-115(120-94(38-10)86(30-2)108(132-120)72-112-90(34-6)98(42-14)124(136-112)117(79-65-81(127(17,18)19)69-82(66-79)128(20,21)22)123-97(41-13)89(33-5)111(135-123)71-107(85)131-119)77-59-53-75(54-60-77)57-63-105-101-49-45-47-51-103(101)106(104-52-48-46-50-102(104)105)64-58-76-55-61-78(62-56-76)116-121-95(39-11)87(31-3)109(133-121)73-113-91(35-7)99(43-15)125(137-113)118(80-67-83(129(23,24)25)70-84(68-80)130(26,27)28)126-100(44-16)92(36-8)114(138-126)74-110-88(32-4)96(40-12)122(116)134-110/h45-56,59-62,65-74,131,133,136,138H,29-44H2,1-28H3. The van der Waals surface area contributed by atoms with Crippen molar-refractivity contribution in [1.82, 2.24) is 39.9 Å². The molecule has 0 saturated carbocycles. The molecule has 4 N–H and O–H groups in total. The molecule has 8 heteroatoms. The molecule has 4 aliphatic rings. The number of benzene rings is 7. The number of nitrogens with one attached hydrogen (secondary N) is 4. The third-order valence-corrected chi connectivity index (χ3v) is 30.3. The molecule has 0 amide bonds. The van der Waals surface area contributed by atoms with Crippen molar-refractivity contribution in [2.45, 2.75) is 318 Å². The van der Waals surface area contributed by atoms with Gasteiger partial charge in [-0.05, 0) is 328 Å². The summed E-state index contributed by atoms with van der Waals surface area (Å²) < 4.78 is 0. The summed E-state index contributed by atoms with van der Waals surface area (Å²) in [6.45, 7) is 65.4. The van der Waals surface area contributed by atoms with Crippen molar-refractivity contribution in [3.8, 4) is 68.2 Å². The van der Waals surface area contributed by atoms with Crippen LogP contribution in [0.1, 0.15) is 380 Å². The molecule has 10 heterocycles. The molecule has 0 saturated heterocycles. The van der Waals surface area contributed by atoms with Crippen LogP contribution >= 0.6 is 0 Å². The smallest absolute Gasteiger partial charge is 0.0771 e. The van der Waals surface area contributed by atoms with Gasteiger partial charge in [-0.3, -0.25) is 0 Å². The van der Waals surface area contributed by atoms with Gasteiger partial charge in [-0.1, -0.05) is 327 Å². The topological polar surface area (TPSA) is 115 Å². The third kappa shape index (κ3) is 17.2. The molecule has 0 unspecified atom stereocenters. The zero-order chi connectivity index (χ0) is 98.2. The highest BCUT2D eigenvalue weighted by Gasteiger charge is 2.35. The Kier molecular flexibility index (Phi) is 27.2. The minimum Gasteiger partial charge on any atom is -0.354 e. The molecule has 17 rings (SSSR count). The summed E-state index contributed by atoms with van der Waals surface area (Å²) in [5.74, 6) is 15.2. The second kappa shape index (κ2) is 38.6. The van der Waals surface area contributed by atoms with Crippen molar-refractivity contribution >= 4 is 110 Å². The zero-order valence-corrected chi connectivity index (χ0v) is 88.1. The maximum atomic E-state index is 5.99. The predicted octanol–water partition coefficient (Wildman–Crippen LogP) is 35.3. The highest BCUT2D eigenvalue weighted by Crippen LogP contribution is 2.52. The van der Waals surface area contributed by atoms with Crippen LogP contribution in [0.4, 0.5) is 0 Å². The largest absolute Gasteiger partial charge is 0.354 e. The van der Waals surface area contributed by atoms with E-state index in [1.807, 2.05) is 0 Å². The first-order valence-corrected chi connectivity index (χ1v) is 52.3. The van der Waals surface area contributed by atoms with Crippen LogP contribution in [0.15, 0.2) is 158 Å². The Morgan fingerprint density at radius 2 is 0.428 bits per heavy atom. The summed E-state index contributed by atoms with van der Waals surface area (Å²) in [6.07, 6.45) is 13.6. The van der Waals surface area contributed by atoms with E-state index in [9.17, 15) is 0 Å². The van der Waals surface area contributed by atoms with E-state index in [-0.39, 0.29) is 21.7 Å². The SMILES string of the molecule is CCC1=C(CC)c2nc1cc1[nH]c(c(CC)c1CC)c(-c1ccc(C#Cc3c4ccccc4c(C#Cc4ccc(-c5c6nc(cc7[nH]c(c(CC)c7CC)c(-c7cc(C(C)(C)C)cc(C(C)(C)C)c7)c7nc(cc8[nH]c5c(CC)c8CC)C(CC)=C7CC)C(CC)=C6CC)cc4)c4ccccc34)cc1)c1nc(cc3[nH]c(c(CC)c3CC)c2-c2cc(C(C)(C)C)cc(C(C)(C)C)c2)C(CC)=C1CC. The first-order chi connectivity index (χ1) is 66.2. The van der Waals surface area contributed by atoms with E-state index in [0.29, 0.717) is 0 Å². The van der Waals surface area contributed by atoms with Gasteiger partial charge in [0.15, 0.2) is 0 Å². The van der Waals surface area contributed by atoms with E-state index >= 15 is 0 Å². The van der Waals surface area contributed by atoms with Gasteiger partial charge in [0.2, 0.25) is 0 Å². The maximum absolute atomic E-state index is 5.99. The van der Waals surface area contributed by atoms with Crippen molar-refractivity contribution in [1.29, 1.82) is 0 Å². The summed E-state index contributed by atoms with van der Waals surface area (Å²) in [5, 5.41) is 4.27. The normalized spacial score (nSPS) is 13.3. The Morgan fingerprint density at radius 1 is 0.217 bits per heavy atom. The molecule has 0 atom stereocenters. The number of rotatable bonds is 20. The average molecular weight is 1820 g/mol. The number of fused-ring (bicyclic) bond motifs is 18. The number of H-pyrrole nitrogens is 4. The van der Waals surface area contributed by atoms with Crippen molar-refractivity contribution < 1.29 is 0 Å². The van der Waals surface area contributed by atoms with Gasteiger partial charge in [0, 0.05) is 66.6 Å². The Bertz CT molecular complexity index is 7170. The third-order valence-electron chi connectivity index (χ3n) is 30.3. The number of aromatic nitrogens is 8. The molecule has 706 valence electrons. The molecule has 7 aromatic carbocycles. The first kappa shape index (κ1) is 97.0. The summed E-state index contributed by atoms with van der Waals surface area (Å²) in [4.78, 5) is 40.9. The molecule has 0 radical (unpaired) electrons. The van der Waals surface area contributed by atoms with Gasteiger partial charge in [-0.2, -0.15) is 0 Å². The molecule has 6 aromatic heterocycles. The van der Waals surface area contributed by atoms with Gasteiger partial charge in [-0.25, -0.2) is 19.9 Å². The highest BCUT2D eigenvalue weighted by molar-refractivity contribution is 6.12. The Balaban J connectivity index is 0.805. The first-order valence-electron chi connectivity index (χ1n) is 52.3. The van der Waals surface area contributed by atoms with E-state index in [4.69, 9.17) is 19.9 Å². The summed E-state index contributed by atoms with van der Waals surface area (Å²) in [7, 11) is 0. The van der Waals surface area contributed by atoms with Crippen LogP contribution in [0.25, 0.3) is 155 Å². The fourth-order valence-electron chi connectivity index (χ4n) is 23.1. The molecular weight excluding hydrogens is 1670 g/mol. The van der Waals surface area contributed by atoms with Crippen LogP contribution in [-0.4, -0.2) is 39.9 Å². The lowest BCUT2D eigenvalue weighted by Gasteiger charge is -2.26. The van der Waals surface area contributed by atoms with Gasteiger partial charge < -0.3 is 19.9 Å². The van der Waals surface area contributed by atoms with E-state index < -0.39 is 0 Å². The van der Waals surface area contributed by atoms with Crippen molar-refractivity contribution in [3.63, 3.8) is 0 Å². The molecule has 0 aliphatic carbocycles. The predicted molar refractivity (Wildman–Crippen MR) is 597 cm³/mol. The number of hydrogen-bond acceptors (Lipinski definition) is 4. The van der Waals surface area contributed by atoms with Crippen LogP contribution in [-0.2, 0) is 73.0 Å². The summed E-state index contributed by atoms with van der Waals surface area (Å²) in [6, 6.07) is 60.0. The van der Waals surface area contributed by atoms with Crippen molar-refractivity contribution in [3.05, 3.63) is 292 Å². The molecular formula is C130H146N8. The van der Waals surface area contributed by atoms with Gasteiger partial charge in [0.25, 0.3) is 0 Å². The molecule has 138 heavy (non-hydrogen) atoms. The second-order valence-corrected chi connectivity index (χ2v) is 42.5. The number of aryl methyl sites for hydroxylation is 8. The van der Waals surface area contributed by atoms with Crippen molar-refractivity contribution in [2.24, 2.45) is 0 Å². The Labute approximate surface area is 823 Å². The van der Waals surface area contributed by atoms with E-state index in [0.717, 1.165) is 247 Å². The van der Waals surface area contributed by atoms with Crippen LogP contribution in [0.5, 0.6) is 0 Å². The molecule has 8 nitrogen and oxygen atoms in total. The second-order valence-electron chi connectivity index (χ2n) is 42.5. The van der Waals surface area contributed by atoms with Crippen LogP contribution in [0, 0.1) is 23.7 Å². The number of hydrogen-bond donors (Lipinski definition) is 4. The summed E-state index contributed by atoms with van der Waals surface area (Å²) >= 11 is 0. The highest BCUT2D eigenvalue weighted by atomic mass is 14.8. The van der Waals surface area contributed by atoms with Gasteiger partial charge >= 0.3 is 0 Å². The fourth-order valence-corrected chi connectivity index (χ4v) is 23.1. The lowest BCUT2D eigenvalue weighted by atomic mass is 9.78. The Morgan fingerprint density at radius 3 is 0.623 bits per heavy atom. The van der Waals surface area contributed by atoms with E-state index in [2.05, 4.69) is 395 Å². The minimum absolute atomic E-state index is 0.0883. The van der Waals surface area contributed by atoms with Gasteiger partial charge in [0.05, 0.1) is 67.6 Å². The Hall–Kier alpha value is -12.6. The zero-order valence-electron chi connectivity index (χ0n) is 88.1. The number of allylic oxidation sites excluding steroid dienone is 8. The lowest BCUT2D eigenvalue weighted by Crippen LogP contribution is -2.16. The van der Waals surface area contributed by atoms with E-state index in [1.54, 1.807) is 0 Å². The summed E-state index contributed by atoms with van der Waals surface area (Å²) in [5.41, 5.74) is 56.4. The van der Waals surface area contributed by atoms with Crippen LogP contribution in [0.3, 0.4) is 0 Å². The molecule has 13 aromatic rings. The fraction of sp³-hybridized carbons (Fsp3) is 0.369. The molecule has 4 aliphatic heterocycles. The monoisotopic (exact) mass is 1820 g/mol. The quantitative estimate of drug-likeness (QED) is 0.0449.